The Hall–Kier alpha value is -2.89. The van der Waals surface area contributed by atoms with E-state index in [0.717, 1.165) is 39.3 Å². The molecule has 1 aromatic heterocycles. The second kappa shape index (κ2) is 6.81. The summed E-state index contributed by atoms with van der Waals surface area (Å²) in [7, 11) is 3.91. The molecule has 31 heavy (non-hydrogen) atoms. The Morgan fingerprint density at radius 3 is 2.90 bits per heavy atom. The molecular weight excluding hydrogens is 410 g/mol. The van der Waals surface area contributed by atoms with Gasteiger partial charge in [-0.05, 0) is 36.8 Å². The molecule has 0 radical (unpaired) electrons. The average molecular weight is 435 g/mol. The number of hydrogen-bond acceptors (Lipinski definition) is 3. The van der Waals surface area contributed by atoms with Crippen LogP contribution in [0.15, 0.2) is 55.3 Å². The highest BCUT2D eigenvalue weighted by atomic mass is 35.5. The second-order valence-electron chi connectivity index (χ2n) is 8.54. The molecule has 3 aromatic rings. The molecule has 0 N–H and O–H groups in total. The van der Waals surface area contributed by atoms with Crippen LogP contribution in [0, 0.1) is 6.92 Å². The number of hydrogen-bond donors (Lipinski definition) is 0. The van der Waals surface area contributed by atoms with Crippen LogP contribution in [0.1, 0.15) is 17.5 Å². The largest absolute Gasteiger partial charge is 0.496 e. The molecule has 1 fully saturated rings. The summed E-state index contributed by atoms with van der Waals surface area (Å²) >= 11 is 6.54. The number of likely N-dealkylation sites (N-methyl/N-ethyl adjacent to an activating group) is 1. The maximum Gasteiger partial charge on any atom is 0.246 e. The Labute approximate surface area is 187 Å². The Kier molecular flexibility index (Phi) is 4.40. The summed E-state index contributed by atoms with van der Waals surface area (Å²) in [5, 5.41) is 1.74. The van der Waals surface area contributed by atoms with Gasteiger partial charge in [-0.15, -0.1) is 0 Å². The van der Waals surface area contributed by atoms with Gasteiger partial charge in [0.05, 0.1) is 31.8 Å². The van der Waals surface area contributed by atoms with Crippen LogP contribution in [0.4, 0.5) is 11.4 Å². The Morgan fingerprint density at radius 1 is 1.35 bits per heavy atom. The quantitative estimate of drug-likeness (QED) is 0.425. The molecule has 5 rings (SSSR count). The van der Waals surface area contributed by atoms with E-state index in [0.29, 0.717) is 17.6 Å². The van der Waals surface area contributed by atoms with Crippen LogP contribution in [-0.2, 0) is 10.3 Å². The first-order chi connectivity index (χ1) is 14.9. The molecule has 0 aliphatic carbocycles. The van der Waals surface area contributed by atoms with Gasteiger partial charge in [0, 0.05) is 47.8 Å². The molecule has 1 spiro atoms. The number of halogens is 1. The van der Waals surface area contributed by atoms with Crippen LogP contribution in [0.25, 0.3) is 10.9 Å². The first-order valence-corrected chi connectivity index (χ1v) is 10.8. The number of nitrogens with zero attached hydrogens (tertiary/aromatic N) is 3. The molecular formula is C25H25ClN3O2+. The summed E-state index contributed by atoms with van der Waals surface area (Å²) in [6, 6.07) is 12.3. The molecule has 158 valence electrons. The van der Waals surface area contributed by atoms with Gasteiger partial charge in [0.25, 0.3) is 0 Å². The summed E-state index contributed by atoms with van der Waals surface area (Å²) in [5.41, 5.74) is 5.24. The first-order valence-electron chi connectivity index (χ1n) is 10.4. The molecule has 2 atom stereocenters. The lowest BCUT2D eigenvalue weighted by Crippen LogP contribution is -2.67. The van der Waals surface area contributed by atoms with E-state index in [2.05, 4.69) is 43.7 Å². The van der Waals surface area contributed by atoms with Gasteiger partial charge in [-0.3, -0.25) is 14.3 Å². The lowest BCUT2D eigenvalue weighted by atomic mass is 9.71. The fourth-order valence-corrected chi connectivity index (χ4v) is 5.82. The van der Waals surface area contributed by atoms with Gasteiger partial charge in [-0.1, -0.05) is 18.2 Å². The summed E-state index contributed by atoms with van der Waals surface area (Å²) in [6.07, 6.45) is 4.05. The van der Waals surface area contributed by atoms with Gasteiger partial charge in [0.1, 0.15) is 17.1 Å². The number of aromatic nitrogens is 1. The topological polar surface area (TPSA) is 42.4 Å². The molecule has 3 heterocycles. The standard InChI is InChI=1S/C25H25ClN3O2/c1-5-23(30)28-12-10-25(15-28)24-16(2)19(26)8-9-21(24)29(25,3)17-13-20-18(7-6-11-27-20)22(14-17)31-4/h5-9,11,13-14H,1,10,12,15H2,2-4H3/q+1. The summed E-state index contributed by atoms with van der Waals surface area (Å²) in [4.78, 5) is 19.0. The van der Waals surface area contributed by atoms with Crippen molar-refractivity contribution in [3.8, 4) is 5.75 Å². The number of likely N-dealkylation sites (tertiary alicyclic amines) is 1. The Balaban J connectivity index is 1.76. The number of benzene rings is 2. The third-order valence-electron chi connectivity index (χ3n) is 7.32. The van der Waals surface area contributed by atoms with Crippen LogP contribution in [0.3, 0.4) is 0 Å². The van der Waals surface area contributed by atoms with Crippen LogP contribution in [-0.4, -0.2) is 43.0 Å². The number of ether oxygens (including phenoxy) is 1. The lowest BCUT2D eigenvalue weighted by Gasteiger charge is -2.57. The van der Waals surface area contributed by atoms with E-state index < -0.39 is 0 Å². The van der Waals surface area contributed by atoms with Gasteiger partial charge in [0.2, 0.25) is 5.91 Å². The molecule has 5 nitrogen and oxygen atoms in total. The Morgan fingerprint density at radius 2 is 2.16 bits per heavy atom. The molecule has 2 aliphatic heterocycles. The van der Waals surface area contributed by atoms with Crippen LogP contribution < -0.4 is 9.22 Å². The number of carbonyl (C=O) groups excluding carboxylic acids is 1. The van der Waals surface area contributed by atoms with Crippen molar-refractivity contribution in [3.05, 3.63) is 71.4 Å². The van der Waals surface area contributed by atoms with E-state index in [9.17, 15) is 4.79 Å². The summed E-state index contributed by atoms with van der Waals surface area (Å²) < 4.78 is 6.32. The summed E-state index contributed by atoms with van der Waals surface area (Å²) in [6.45, 7) is 7.06. The zero-order valence-corrected chi connectivity index (χ0v) is 18.7. The third kappa shape index (κ3) is 2.47. The normalized spacial score (nSPS) is 24.2. The van der Waals surface area contributed by atoms with Crippen molar-refractivity contribution in [1.29, 1.82) is 0 Å². The zero-order valence-electron chi connectivity index (χ0n) is 18.0. The third-order valence-corrected chi connectivity index (χ3v) is 7.73. The van der Waals surface area contributed by atoms with E-state index in [4.69, 9.17) is 16.3 Å². The fourth-order valence-electron chi connectivity index (χ4n) is 5.66. The molecule has 6 heteroatoms. The van der Waals surface area contributed by atoms with Crippen LogP contribution in [0.2, 0.25) is 5.02 Å². The van der Waals surface area contributed by atoms with E-state index in [1.54, 1.807) is 13.3 Å². The summed E-state index contributed by atoms with van der Waals surface area (Å²) in [5.74, 6) is 0.764. The molecule has 2 unspecified atom stereocenters. The van der Waals surface area contributed by atoms with E-state index in [1.165, 1.54) is 17.3 Å². The SMILES string of the molecule is C=CC(=O)N1CCC2(C1)c1c(ccc(Cl)c1C)[N+]2(C)c1cc(OC)c2cccnc2c1. The predicted octanol–water partition coefficient (Wildman–Crippen LogP) is 5.10. The molecule has 0 saturated carbocycles. The number of quaternary nitrogens is 1. The highest BCUT2D eigenvalue weighted by molar-refractivity contribution is 6.31. The zero-order chi connectivity index (χ0) is 22.0. The molecule has 2 aliphatic rings. The number of fused-ring (bicyclic) bond motifs is 3. The van der Waals surface area contributed by atoms with Crippen molar-refractivity contribution in [1.82, 2.24) is 14.4 Å². The minimum Gasteiger partial charge on any atom is -0.496 e. The lowest BCUT2D eigenvalue weighted by molar-refractivity contribution is -0.125. The van der Waals surface area contributed by atoms with Gasteiger partial charge >= 0.3 is 0 Å². The minimum atomic E-state index is -0.281. The number of carbonyl (C=O) groups is 1. The fraction of sp³-hybridized carbons (Fsp3) is 0.280. The minimum absolute atomic E-state index is 0.0330. The van der Waals surface area contributed by atoms with Gasteiger partial charge < -0.3 is 9.64 Å². The van der Waals surface area contributed by atoms with Gasteiger partial charge in [0.15, 0.2) is 5.54 Å². The molecule has 1 amide bonds. The smallest absolute Gasteiger partial charge is 0.246 e. The van der Waals surface area contributed by atoms with Crippen molar-refractivity contribution in [2.24, 2.45) is 0 Å². The van der Waals surface area contributed by atoms with Crippen molar-refractivity contribution in [2.75, 3.05) is 27.2 Å². The van der Waals surface area contributed by atoms with E-state index in [1.807, 2.05) is 23.1 Å². The monoisotopic (exact) mass is 434 g/mol. The number of pyridine rings is 1. The van der Waals surface area contributed by atoms with E-state index in [-0.39, 0.29) is 11.4 Å². The van der Waals surface area contributed by atoms with Gasteiger partial charge in [-0.25, -0.2) is 0 Å². The number of amides is 1. The molecule has 0 bridgehead atoms. The Bertz CT molecular complexity index is 1260. The average Bonchev–Trinajstić information content (AvgIpc) is 3.27. The highest BCUT2D eigenvalue weighted by Crippen LogP contribution is 2.63. The first kappa shape index (κ1) is 20.0. The van der Waals surface area contributed by atoms with Crippen molar-refractivity contribution in [2.45, 2.75) is 18.9 Å². The van der Waals surface area contributed by atoms with Crippen LogP contribution in [0.5, 0.6) is 5.75 Å². The number of methoxy groups -OCH3 is 1. The van der Waals surface area contributed by atoms with E-state index >= 15 is 0 Å². The molecule has 2 aromatic carbocycles. The second-order valence-corrected chi connectivity index (χ2v) is 8.94. The maximum absolute atomic E-state index is 12.5. The van der Waals surface area contributed by atoms with Crippen molar-refractivity contribution < 1.29 is 9.53 Å². The molecule has 1 saturated heterocycles. The van der Waals surface area contributed by atoms with Crippen molar-refractivity contribution >= 4 is 39.8 Å². The predicted molar refractivity (Wildman–Crippen MR) is 125 cm³/mol. The van der Waals surface area contributed by atoms with Gasteiger partial charge in [-0.2, -0.15) is 0 Å². The van der Waals surface area contributed by atoms with Crippen LogP contribution >= 0.6 is 11.6 Å². The highest BCUT2D eigenvalue weighted by Gasteiger charge is 2.67. The maximum atomic E-state index is 12.5. The van der Waals surface area contributed by atoms with Crippen molar-refractivity contribution in [3.63, 3.8) is 0 Å². The number of rotatable bonds is 3.